The Morgan fingerprint density at radius 2 is 1.80 bits per heavy atom. The van der Waals surface area contributed by atoms with Crippen LogP contribution in [-0.2, 0) is 0 Å². The number of nitrogens with zero attached hydrogens (tertiary/aromatic N) is 4. The summed E-state index contributed by atoms with van der Waals surface area (Å²) in [5.74, 6) is 0.971. The maximum atomic E-state index is 9.17. The van der Waals surface area contributed by atoms with Gasteiger partial charge >= 0.3 is 0 Å². The molecule has 1 saturated heterocycles. The SMILES string of the molecule is Cc1ccc(-c2c(-c3ccc(C#N)cc3)cc3c(N4CCC(N)C4)nccn23)cc1. The zero-order chi connectivity index (χ0) is 20.7. The van der Waals surface area contributed by atoms with Gasteiger partial charge in [-0.25, -0.2) is 4.98 Å². The van der Waals surface area contributed by atoms with E-state index in [1.165, 1.54) is 5.56 Å². The minimum absolute atomic E-state index is 0.191. The lowest BCUT2D eigenvalue weighted by molar-refractivity contribution is 0.751. The van der Waals surface area contributed by atoms with Gasteiger partial charge in [-0.2, -0.15) is 5.26 Å². The molecule has 2 aromatic heterocycles. The molecule has 1 aliphatic rings. The first-order valence-electron chi connectivity index (χ1n) is 10.2. The van der Waals surface area contributed by atoms with Crippen molar-refractivity contribution in [1.82, 2.24) is 9.38 Å². The smallest absolute Gasteiger partial charge is 0.153 e. The third-order valence-electron chi connectivity index (χ3n) is 5.85. The Balaban J connectivity index is 1.75. The minimum atomic E-state index is 0.191. The van der Waals surface area contributed by atoms with Gasteiger partial charge in [-0.1, -0.05) is 42.0 Å². The molecule has 0 saturated carbocycles. The Labute approximate surface area is 176 Å². The normalized spacial score (nSPS) is 16.2. The van der Waals surface area contributed by atoms with Gasteiger partial charge in [0.05, 0.1) is 22.8 Å². The third kappa shape index (κ3) is 3.12. The van der Waals surface area contributed by atoms with E-state index in [4.69, 9.17) is 10.7 Å². The van der Waals surface area contributed by atoms with Crippen LogP contribution in [0.25, 0.3) is 27.9 Å². The number of fused-ring (bicyclic) bond motifs is 1. The molecule has 1 unspecified atom stereocenters. The monoisotopic (exact) mass is 393 g/mol. The Hall–Kier alpha value is -3.62. The lowest BCUT2D eigenvalue weighted by Crippen LogP contribution is -2.27. The van der Waals surface area contributed by atoms with Crippen molar-refractivity contribution < 1.29 is 0 Å². The summed E-state index contributed by atoms with van der Waals surface area (Å²) in [5, 5.41) is 9.17. The number of benzene rings is 2. The van der Waals surface area contributed by atoms with Crippen LogP contribution in [0.2, 0.25) is 0 Å². The summed E-state index contributed by atoms with van der Waals surface area (Å²) >= 11 is 0. The molecule has 148 valence electrons. The van der Waals surface area contributed by atoms with E-state index in [-0.39, 0.29) is 6.04 Å². The van der Waals surface area contributed by atoms with Crippen molar-refractivity contribution in [2.24, 2.45) is 5.73 Å². The topological polar surface area (TPSA) is 70.3 Å². The van der Waals surface area contributed by atoms with Crippen molar-refractivity contribution in [3.05, 3.63) is 78.1 Å². The summed E-state index contributed by atoms with van der Waals surface area (Å²) in [6, 6.07) is 21.0. The molecule has 0 radical (unpaired) electrons. The highest BCUT2D eigenvalue weighted by Gasteiger charge is 2.24. The molecule has 1 fully saturated rings. The van der Waals surface area contributed by atoms with Crippen LogP contribution in [0.5, 0.6) is 0 Å². The molecule has 30 heavy (non-hydrogen) atoms. The highest BCUT2D eigenvalue weighted by atomic mass is 15.2. The Kier molecular flexibility index (Phi) is 4.50. The maximum Gasteiger partial charge on any atom is 0.153 e. The van der Waals surface area contributed by atoms with Crippen LogP contribution in [-0.4, -0.2) is 28.5 Å². The highest BCUT2D eigenvalue weighted by Crippen LogP contribution is 2.38. The number of nitrogens with two attached hydrogens (primary N) is 1. The average Bonchev–Trinajstić information content (AvgIpc) is 3.38. The second-order valence-corrected chi connectivity index (χ2v) is 7.96. The van der Waals surface area contributed by atoms with Gasteiger partial charge in [0.25, 0.3) is 0 Å². The van der Waals surface area contributed by atoms with Crippen molar-refractivity contribution in [3.63, 3.8) is 0 Å². The van der Waals surface area contributed by atoms with Crippen LogP contribution in [0.15, 0.2) is 67.0 Å². The van der Waals surface area contributed by atoms with Crippen LogP contribution in [0, 0.1) is 18.3 Å². The van der Waals surface area contributed by atoms with E-state index < -0.39 is 0 Å². The number of rotatable bonds is 3. The second-order valence-electron chi connectivity index (χ2n) is 7.96. The molecule has 3 heterocycles. The van der Waals surface area contributed by atoms with Crippen molar-refractivity contribution in [3.8, 4) is 28.5 Å². The van der Waals surface area contributed by atoms with E-state index in [1.54, 1.807) is 0 Å². The number of hydrogen-bond acceptors (Lipinski definition) is 4. The second kappa shape index (κ2) is 7.33. The van der Waals surface area contributed by atoms with E-state index in [0.29, 0.717) is 5.56 Å². The van der Waals surface area contributed by atoms with Crippen LogP contribution in [0.3, 0.4) is 0 Å². The third-order valence-corrected chi connectivity index (χ3v) is 5.85. The van der Waals surface area contributed by atoms with E-state index >= 15 is 0 Å². The van der Waals surface area contributed by atoms with Crippen LogP contribution < -0.4 is 10.6 Å². The summed E-state index contributed by atoms with van der Waals surface area (Å²) in [7, 11) is 0. The number of nitriles is 1. The van der Waals surface area contributed by atoms with Gasteiger partial charge in [0, 0.05) is 37.1 Å². The van der Waals surface area contributed by atoms with E-state index in [9.17, 15) is 5.26 Å². The largest absolute Gasteiger partial charge is 0.353 e. The molecule has 0 amide bonds. The Morgan fingerprint density at radius 1 is 1.07 bits per heavy atom. The van der Waals surface area contributed by atoms with E-state index in [1.807, 2.05) is 36.7 Å². The predicted molar refractivity (Wildman–Crippen MR) is 120 cm³/mol. The molecule has 5 rings (SSSR count). The molecule has 5 heteroatoms. The van der Waals surface area contributed by atoms with Crippen molar-refractivity contribution in [1.29, 1.82) is 5.26 Å². The standard InChI is InChI=1S/C25H23N5/c1-17-2-6-20(7-3-17)24-22(19-8-4-18(15-26)5-9-19)14-23-25(28-11-13-30(23)24)29-12-10-21(27)16-29/h2-9,11,13-14,21H,10,12,16,27H2,1H3. The number of hydrogen-bond donors (Lipinski definition) is 1. The Morgan fingerprint density at radius 3 is 2.47 bits per heavy atom. The van der Waals surface area contributed by atoms with Gasteiger partial charge in [0.2, 0.25) is 0 Å². The predicted octanol–water partition coefficient (Wildman–Crippen LogP) is 4.39. The van der Waals surface area contributed by atoms with Gasteiger partial charge in [0.15, 0.2) is 5.82 Å². The lowest BCUT2D eigenvalue weighted by Gasteiger charge is -2.18. The summed E-state index contributed by atoms with van der Waals surface area (Å²) in [4.78, 5) is 6.99. The zero-order valence-electron chi connectivity index (χ0n) is 16.9. The number of aryl methyl sites for hydroxylation is 1. The van der Waals surface area contributed by atoms with Gasteiger partial charge in [-0.3, -0.25) is 0 Å². The van der Waals surface area contributed by atoms with Crippen LogP contribution >= 0.6 is 0 Å². The van der Waals surface area contributed by atoms with Crippen molar-refractivity contribution >= 4 is 11.3 Å². The molecular weight excluding hydrogens is 370 g/mol. The quantitative estimate of drug-likeness (QED) is 0.561. The molecule has 0 spiro atoms. The van der Waals surface area contributed by atoms with Gasteiger partial charge in [-0.15, -0.1) is 0 Å². The maximum absolute atomic E-state index is 9.17. The molecular formula is C25H23N5. The van der Waals surface area contributed by atoms with Gasteiger partial charge in [0.1, 0.15) is 0 Å². The fourth-order valence-electron chi connectivity index (χ4n) is 4.26. The molecule has 0 aliphatic carbocycles. The zero-order valence-corrected chi connectivity index (χ0v) is 16.9. The van der Waals surface area contributed by atoms with E-state index in [2.05, 4.69) is 52.6 Å². The minimum Gasteiger partial charge on any atom is -0.353 e. The fourth-order valence-corrected chi connectivity index (χ4v) is 4.26. The number of aromatic nitrogens is 2. The molecule has 5 nitrogen and oxygen atoms in total. The van der Waals surface area contributed by atoms with Crippen LogP contribution in [0.1, 0.15) is 17.5 Å². The molecule has 0 bridgehead atoms. The average molecular weight is 393 g/mol. The summed E-state index contributed by atoms with van der Waals surface area (Å²) < 4.78 is 2.23. The molecule has 1 atom stereocenters. The molecule has 2 N–H and O–H groups in total. The van der Waals surface area contributed by atoms with Crippen LogP contribution in [0.4, 0.5) is 5.82 Å². The fraction of sp³-hybridized carbons (Fsp3) is 0.200. The first-order chi connectivity index (χ1) is 14.6. The van der Waals surface area contributed by atoms with Crippen molar-refractivity contribution in [2.75, 3.05) is 18.0 Å². The van der Waals surface area contributed by atoms with Gasteiger partial charge < -0.3 is 15.0 Å². The molecule has 2 aromatic carbocycles. The first kappa shape index (κ1) is 18.4. The summed E-state index contributed by atoms with van der Waals surface area (Å²) in [6.07, 6.45) is 4.88. The number of anilines is 1. The lowest BCUT2D eigenvalue weighted by atomic mass is 10.00. The van der Waals surface area contributed by atoms with Crippen molar-refractivity contribution in [2.45, 2.75) is 19.4 Å². The Bertz CT molecular complexity index is 1250. The first-order valence-corrected chi connectivity index (χ1v) is 10.2. The molecule has 4 aromatic rings. The highest BCUT2D eigenvalue weighted by molar-refractivity contribution is 5.90. The summed E-state index contributed by atoms with van der Waals surface area (Å²) in [5.41, 5.74) is 13.6. The van der Waals surface area contributed by atoms with E-state index in [0.717, 1.165) is 53.2 Å². The summed E-state index contributed by atoms with van der Waals surface area (Å²) in [6.45, 7) is 3.84. The van der Waals surface area contributed by atoms with Gasteiger partial charge in [-0.05, 0) is 42.7 Å². The molecule has 1 aliphatic heterocycles.